The van der Waals surface area contributed by atoms with Crippen LogP contribution in [0.25, 0.3) is 11.2 Å². The van der Waals surface area contributed by atoms with E-state index in [-0.39, 0.29) is 0 Å². The fraction of sp³-hybridized carbons (Fsp3) is 0.444. The molecule has 0 saturated carbocycles. The summed E-state index contributed by atoms with van der Waals surface area (Å²) in [6, 6.07) is 3.85. The summed E-state index contributed by atoms with van der Waals surface area (Å²) < 4.78 is 70.6. The molecule has 12 heteroatoms. The monoisotopic (exact) mass is 562 g/mol. The first-order valence-corrected chi connectivity index (χ1v) is 26.3. The minimum atomic E-state index is -10.7. The average molecular weight is 562 g/mol. The van der Waals surface area contributed by atoms with Crippen molar-refractivity contribution in [1.29, 1.82) is 0 Å². The van der Waals surface area contributed by atoms with Crippen molar-refractivity contribution in [3.8, 4) is 0 Å². The summed E-state index contributed by atoms with van der Waals surface area (Å²) in [5.41, 5.74) is 1.82. The van der Waals surface area contributed by atoms with Gasteiger partial charge in [0.15, 0.2) is 0 Å². The van der Waals surface area contributed by atoms with Gasteiger partial charge >= 0.3 is 119 Å². The van der Waals surface area contributed by atoms with Crippen LogP contribution >= 0.6 is 7.81 Å². The third kappa shape index (κ3) is 7.98. The van der Waals surface area contributed by atoms with Gasteiger partial charge in [-0.25, -0.2) is 0 Å². The van der Waals surface area contributed by atoms with Crippen molar-refractivity contribution >= 4 is 19.0 Å². The quantitative estimate of drug-likeness (QED) is 0.324. The summed E-state index contributed by atoms with van der Waals surface area (Å²) in [6.07, 6.45) is 1.80. The molecular formula is C9H15F6N4PU-. The van der Waals surface area contributed by atoms with Crippen LogP contribution in [0.3, 0.4) is 0 Å². The average Bonchev–Trinajstić information content (AvgIpc) is 2.53. The first kappa shape index (κ1) is 18.7. The van der Waals surface area contributed by atoms with Crippen LogP contribution in [0.5, 0.6) is 0 Å². The predicted molar refractivity (Wildman–Crippen MR) is 67.7 cm³/mol. The van der Waals surface area contributed by atoms with Crippen molar-refractivity contribution in [3.05, 3.63) is 18.3 Å². The molecule has 0 amide bonds. The number of hydrogen-bond donors (Lipinski definition) is 0. The van der Waals surface area contributed by atoms with Gasteiger partial charge in [-0.15, -0.1) is 0 Å². The van der Waals surface area contributed by atoms with E-state index in [0.717, 1.165) is 11.2 Å². The molecule has 0 fully saturated rings. The Morgan fingerprint density at radius 1 is 1.00 bits per heavy atom. The summed E-state index contributed by atoms with van der Waals surface area (Å²) >= 11 is -2.98. The van der Waals surface area contributed by atoms with Gasteiger partial charge < -0.3 is 0 Å². The Morgan fingerprint density at radius 3 is 1.90 bits per heavy atom. The van der Waals surface area contributed by atoms with Gasteiger partial charge in [0.2, 0.25) is 0 Å². The Hall–Kier alpha value is -0.388. The molecule has 0 bridgehead atoms. The van der Waals surface area contributed by atoms with Crippen molar-refractivity contribution in [2.75, 3.05) is 0 Å². The molecule has 0 N–H and O–H groups in total. The van der Waals surface area contributed by atoms with Gasteiger partial charge in [-0.2, -0.15) is 0 Å². The second kappa shape index (κ2) is 4.33. The van der Waals surface area contributed by atoms with Crippen LogP contribution in [-0.4, -0.2) is 17.3 Å². The standard InChI is InChI=1S/C5H3N4.4CH3.F6P.U/c1-2-4-5(6-3-1)8-9-7-4;;;;;1-7(2,3,4,5)6;/h1-3H;4*1H3;;/q-1;;;;;-1;+1. The molecule has 0 atom stereocenters. The maximum atomic E-state index is 9.87. The van der Waals surface area contributed by atoms with Gasteiger partial charge in [0.05, 0.1) is 0 Å². The van der Waals surface area contributed by atoms with Crippen LogP contribution in [0, 0.1) is 23.0 Å². The molecule has 0 spiro atoms. The van der Waals surface area contributed by atoms with Crippen molar-refractivity contribution < 1.29 is 48.2 Å². The zero-order valence-corrected chi connectivity index (χ0v) is 16.8. The molecule has 2 rings (SSSR count). The van der Waals surface area contributed by atoms with Crippen LogP contribution in [0.15, 0.2) is 18.3 Å². The Bertz CT molecular complexity index is 651. The molecule has 0 aliphatic heterocycles. The van der Waals surface area contributed by atoms with E-state index < -0.39 is 30.8 Å². The number of halogens is 6. The summed E-state index contributed by atoms with van der Waals surface area (Å²) in [6.45, 7) is 0. The molecule has 21 heavy (non-hydrogen) atoms. The van der Waals surface area contributed by atoms with Crippen LogP contribution in [0.2, 0.25) is 15.8 Å². The van der Waals surface area contributed by atoms with E-state index in [1.54, 1.807) is 6.20 Å². The van der Waals surface area contributed by atoms with E-state index in [0.29, 0.717) is 0 Å². The topological polar surface area (TPSA) is 43.6 Å². The third-order valence-electron chi connectivity index (χ3n) is 2.06. The van der Waals surface area contributed by atoms with Crippen molar-refractivity contribution in [1.82, 2.24) is 17.3 Å². The molecule has 2 heterocycles. The van der Waals surface area contributed by atoms with Gasteiger partial charge in [-0.05, 0) is 0 Å². The van der Waals surface area contributed by atoms with Gasteiger partial charge in [-0.1, -0.05) is 0 Å². The minimum absolute atomic E-state index is 0.893. The zero-order valence-electron chi connectivity index (χ0n) is 11.7. The number of aromatic nitrogens is 4. The molecule has 0 unspecified atom stereocenters. The van der Waals surface area contributed by atoms with E-state index in [1.165, 1.54) is 0 Å². The molecular weight excluding hydrogens is 547 g/mol. The summed E-state index contributed by atoms with van der Waals surface area (Å²) in [5.74, 6) is 0. The van der Waals surface area contributed by atoms with Crippen molar-refractivity contribution in [2.45, 2.75) is 15.8 Å². The number of pyridine rings is 1. The van der Waals surface area contributed by atoms with E-state index in [1.807, 2.05) is 12.1 Å². The maximum absolute atomic E-state index is 10.7. The molecule has 123 valence electrons. The fourth-order valence-electron chi connectivity index (χ4n) is 1.37. The Labute approximate surface area is 118 Å². The van der Waals surface area contributed by atoms with Gasteiger partial charge in [-0.3, -0.25) is 0 Å². The van der Waals surface area contributed by atoms with Gasteiger partial charge in [0.25, 0.3) is 0 Å². The number of fused-ring (bicyclic) bond motifs is 1. The molecule has 4 nitrogen and oxygen atoms in total. The number of hydrogen-bond acceptors (Lipinski definition) is 3. The first-order valence-electron chi connectivity index (χ1n) is 5.77. The second-order valence-electron chi connectivity index (χ2n) is 6.70. The van der Waals surface area contributed by atoms with E-state index >= 15 is 0 Å². The first-order chi connectivity index (χ1) is 8.80. The fourth-order valence-corrected chi connectivity index (χ4v) is 7.29. The van der Waals surface area contributed by atoms with Crippen molar-refractivity contribution in [2.24, 2.45) is 0 Å². The third-order valence-corrected chi connectivity index (χ3v) is 10.4. The second-order valence-corrected chi connectivity index (χ2v) is 42.8. The predicted octanol–water partition coefficient (Wildman–Crippen LogP) is 5.86. The molecule has 0 radical (unpaired) electrons. The van der Waals surface area contributed by atoms with Crippen molar-refractivity contribution in [3.63, 3.8) is 0 Å². The van der Waals surface area contributed by atoms with Gasteiger partial charge in [0, 0.05) is 0 Å². The van der Waals surface area contributed by atoms with Crippen LogP contribution < -0.4 is 0 Å². The number of nitrogens with zero attached hydrogens (tertiary/aromatic N) is 4. The SMILES string of the molecule is F[P-](F)(F)(F)(F)F.[CH3][U]([CH3])([CH3])([CH3])[n]1nnc2cccnc21. The zero-order chi connectivity index (χ0) is 16.8. The molecule has 0 aliphatic rings. The molecule has 0 aromatic carbocycles. The van der Waals surface area contributed by atoms with Crippen LogP contribution in [0.1, 0.15) is 0 Å². The summed E-state index contributed by atoms with van der Waals surface area (Å²) in [7, 11) is -10.7. The van der Waals surface area contributed by atoms with Crippen LogP contribution in [0.4, 0.5) is 25.2 Å². The molecule has 0 saturated heterocycles. The molecule has 2 aromatic heterocycles. The van der Waals surface area contributed by atoms with E-state index in [9.17, 15) is 25.2 Å². The number of rotatable bonds is 1. The molecule has 2 aromatic rings. The van der Waals surface area contributed by atoms with Gasteiger partial charge in [0.1, 0.15) is 0 Å². The summed E-state index contributed by atoms with van der Waals surface area (Å²) in [4.78, 5) is 4.35. The van der Waals surface area contributed by atoms with Crippen LogP contribution in [-0.2, 0) is 0 Å². The van der Waals surface area contributed by atoms with E-state index in [2.05, 4.69) is 33.1 Å². The van der Waals surface area contributed by atoms with E-state index in [4.69, 9.17) is 0 Å². The Kier molecular flexibility index (Phi) is 3.85. The summed E-state index contributed by atoms with van der Waals surface area (Å²) in [5, 5.41) is 8.38. The molecule has 0 aliphatic carbocycles. The Morgan fingerprint density at radius 2 is 1.48 bits per heavy atom. The normalized spacial score (nSPS) is 17.9. The Balaban J connectivity index is 0.000000270.